The molecule has 0 fully saturated rings. The van der Waals surface area contributed by atoms with Gasteiger partial charge in [-0.1, -0.05) is 0 Å². The van der Waals surface area contributed by atoms with E-state index in [1.54, 1.807) is 0 Å². The second-order valence-corrected chi connectivity index (χ2v) is 7.82. The highest BCUT2D eigenvalue weighted by Crippen LogP contribution is 2.06. The zero-order chi connectivity index (χ0) is 26.5. The molecule has 0 radical (unpaired) electrons. The Kier molecular flexibility index (Phi) is 12.2. The lowest BCUT2D eigenvalue weighted by Gasteiger charge is -2.24. The van der Waals surface area contributed by atoms with Gasteiger partial charge in [0.05, 0.1) is 12.4 Å². The summed E-state index contributed by atoms with van der Waals surface area (Å²) in [7, 11) is 0. The van der Waals surface area contributed by atoms with Gasteiger partial charge < -0.3 is 42.0 Å². The fourth-order valence-corrected chi connectivity index (χ4v) is 2.96. The Morgan fingerprint density at radius 2 is 1.37 bits per heavy atom. The van der Waals surface area contributed by atoms with E-state index in [1.807, 2.05) is 0 Å². The highest BCUT2D eigenvalue weighted by Gasteiger charge is 2.31. The van der Waals surface area contributed by atoms with Crippen LogP contribution in [0.3, 0.4) is 0 Å². The first-order chi connectivity index (χ1) is 16.4. The number of aromatic nitrogens is 2. The Balaban J connectivity index is 3.02. The lowest BCUT2D eigenvalue weighted by atomic mass is 10.1. The molecule has 4 unspecified atom stereocenters. The number of aliphatic carboxylic acids is 3. The topological polar surface area (TPSA) is 254 Å². The SMILES string of the molecule is NC(CS)C(=O)NC(CCC(=O)O)C(=O)NC(CCC(=O)O)C(=O)NC(Cc1cnc[nH]1)C(=O)O. The van der Waals surface area contributed by atoms with Gasteiger partial charge in [0.25, 0.3) is 0 Å². The average Bonchev–Trinajstić information content (AvgIpc) is 3.30. The predicted molar refractivity (Wildman–Crippen MR) is 121 cm³/mol. The minimum atomic E-state index is -1.50. The molecule has 0 aliphatic heterocycles. The van der Waals surface area contributed by atoms with Crippen LogP contribution < -0.4 is 21.7 Å². The molecule has 3 amide bonds. The molecule has 35 heavy (non-hydrogen) atoms. The summed E-state index contributed by atoms with van der Waals surface area (Å²) in [5.41, 5.74) is 5.97. The van der Waals surface area contributed by atoms with Crippen molar-refractivity contribution < 1.29 is 44.1 Å². The summed E-state index contributed by atoms with van der Waals surface area (Å²) in [5, 5.41) is 34.1. The maximum absolute atomic E-state index is 12.8. The number of nitrogens with two attached hydrogens (primary N) is 1. The number of carboxylic acid groups (broad SMARTS) is 3. The molecular weight excluding hydrogens is 488 g/mol. The number of nitrogens with zero attached hydrogens (tertiary/aromatic N) is 1. The fourth-order valence-electron chi connectivity index (χ4n) is 2.80. The second-order valence-electron chi connectivity index (χ2n) is 7.46. The van der Waals surface area contributed by atoms with E-state index in [2.05, 4.69) is 38.5 Å². The molecule has 0 saturated heterocycles. The van der Waals surface area contributed by atoms with Crippen molar-refractivity contribution in [1.82, 2.24) is 25.9 Å². The third-order valence-electron chi connectivity index (χ3n) is 4.69. The lowest BCUT2D eigenvalue weighted by Crippen LogP contribution is -2.57. The Bertz CT molecular complexity index is 911. The summed E-state index contributed by atoms with van der Waals surface area (Å²) in [5.74, 6) is -6.72. The van der Waals surface area contributed by atoms with Gasteiger partial charge in [-0.2, -0.15) is 12.6 Å². The van der Waals surface area contributed by atoms with Crippen LogP contribution in [0.1, 0.15) is 31.4 Å². The van der Waals surface area contributed by atoms with Crippen LogP contribution in [0.5, 0.6) is 0 Å². The molecule has 0 saturated carbocycles. The maximum Gasteiger partial charge on any atom is 0.326 e. The molecule has 16 heteroatoms. The molecule has 9 N–H and O–H groups in total. The van der Waals surface area contributed by atoms with Crippen molar-refractivity contribution in [3.8, 4) is 0 Å². The monoisotopic (exact) mass is 516 g/mol. The summed E-state index contributed by atoms with van der Waals surface area (Å²) in [6.45, 7) is 0. The number of carbonyl (C=O) groups excluding carboxylic acids is 3. The van der Waals surface area contributed by atoms with Gasteiger partial charge in [0.1, 0.15) is 18.1 Å². The van der Waals surface area contributed by atoms with Gasteiger partial charge in [-0.05, 0) is 12.8 Å². The minimum Gasteiger partial charge on any atom is -0.481 e. The number of hydrogen-bond acceptors (Lipinski definition) is 9. The molecule has 1 heterocycles. The van der Waals surface area contributed by atoms with Crippen LogP contribution in [0, 0.1) is 0 Å². The number of amides is 3. The summed E-state index contributed by atoms with van der Waals surface area (Å²) < 4.78 is 0. The van der Waals surface area contributed by atoms with Gasteiger partial charge in [-0.15, -0.1) is 0 Å². The molecule has 1 rings (SSSR count). The summed E-state index contributed by atoms with van der Waals surface area (Å²) in [6.07, 6.45) is 0.697. The number of carbonyl (C=O) groups is 6. The summed E-state index contributed by atoms with van der Waals surface area (Å²) in [6, 6.07) is -5.43. The van der Waals surface area contributed by atoms with E-state index in [-0.39, 0.29) is 18.6 Å². The van der Waals surface area contributed by atoms with Crippen molar-refractivity contribution in [3.05, 3.63) is 18.2 Å². The van der Waals surface area contributed by atoms with E-state index in [1.165, 1.54) is 12.5 Å². The molecule has 4 atom stereocenters. The predicted octanol–water partition coefficient (Wildman–Crippen LogP) is -2.52. The summed E-state index contributed by atoms with van der Waals surface area (Å²) >= 11 is 3.88. The van der Waals surface area contributed by atoms with Crippen LogP contribution >= 0.6 is 12.6 Å². The van der Waals surface area contributed by atoms with Crippen LogP contribution in [-0.4, -0.2) is 90.8 Å². The molecular formula is C19H28N6O9S. The van der Waals surface area contributed by atoms with Crippen molar-refractivity contribution in [2.45, 2.75) is 56.3 Å². The number of hydrogen-bond donors (Lipinski definition) is 9. The quantitative estimate of drug-likeness (QED) is 0.104. The molecule has 0 aliphatic carbocycles. The molecule has 0 bridgehead atoms. The van der Waals surface area contributed by atoms with Crippen LogP contribution in [0.25, 0.3) is 0 Å². The molecule has 0 spiro atoms. The molecule has 194 valence electrons. The van der Waals surface area contributed by atoms with Crippen molar-refractivity contribution in [3.63, 3.8) is 0 Å². The van der Waals surface area contributed by atoms with Crippen molar-refractivity contribution >= 4 is 48.3 Å². The van der Waals surface area contributed by atoms with E-state index in [0.717, 1.165) is 0 Å². The van der Waals surface area contributed by atoms with Gasteiger partial charge in [0, 0.05) is 36.9 Å². The Morgan fingerprint density at radius 3 is 1.77 bits per heavy atom. The molecule has 1 aromatic heterocycles. The fraction of sp³-hybridized carbons (Fsp3) is 0.526. The summed E-state index contributed by atoms with van der Waals surface area (Å²) in [4.78, 5) is 77.7. The minimum absolute atomic E-state index is 0.0599. The van der Waals surface area contributed by atoms with E-state index in [9.17, 15) is 33.9 Å². The second kappa shape index (κ2) is 14.6. The third-order valence-corrected chi connectivity index (χ3v) is 5.08. The van der Waals surface area contributed by atoms with Crippen LogP contribution in [-0.2, 0) is 35.2 Å². The Hall–Kier alpha value is -3.66. The van der Waals surface area contributed by atoms with Gasteiger partial charge >= 0.3 is 17.9 Å². The average molecular weight is 517 g/mol. The first-order valence-electron chi connectivity index (χ1n) is 10.4. The zero-order valence-electron chi connectivity index (χ0n) is 18.5. The van der Waals surface area contributed by atoms with E-state index in [4.69, 9.17) is 15.9 Å². The first kappa shape index (κ1) is 29.4. The van der Waals surface area contributed by atoms with Crippen LogP contribution in [0.2, 0.25) is 0 Å². The number of nitrogens with one attached hydrogen (secondary N) is 4. The standard InChI is InChI=1S/C19H28N6O9S/c20-10(7-35)16(30)23-11(1-3-14(26)27)17(31)24-12(2-4-15(28)29)18(32)25-13(19(33)34)5-9-6-21-8-22-9/h6,8,10-13,35H,1-5,7,20H2,(H,21,22)(H,23,30)(H,24,31)(H,25,32)(H,26,27)(H,28,29)(H,33,34). The van der Waals surface area contributed by atoms with Crippen molar-refractivity contribution in [2.24, 2.45) is 5.73 Å². The van der Waals surface area contributed by atoms with E-state index in [0.29, 0.717) is 5.69 Å². The maximum atomic E-state index is 12.8. The number of rotatable bonds is 16. The van der Waals surface area contributed by atoms with E-state index >= 15 is 0 Å². The normalized spacial score (nSPS) is 14.1. The lowest BCUT2D eigenvalue weighted by molar-refractivity contribution is -0.143. The zero-order valence-corrected chi connectivity index (χ0v) is 19.4. The molecule has 0 aromatic carbocycles. The van der Waals surface area contributed by atoms with Gasteiger partial charge in [0.2, 0.25) is 17.7 Å². The highest BCUT2D eigenvalue weighted by molar-refractivity contribution is 7.80. The van der Waals surface area contributed by atoms with Gasteiger partial charge in [0.15, 0.2) is 0 Å². The molecule has 0 aliphatic rings. The van der Waals surface area contributed by atoms with Crippen LogP contribution in [0.15, 0.2) is 12.5 Å². The molecule has 15 nitrogen and oxygen atoms in total. The highest BCUT2D eigenvalue weighted by atomic mass is 32.1. The number of H-pyrrole nitrogens is 1. The van der Waals surface area contributed by atoms with Gasteiger partial charge in [-0.25, -0.2) is 9.78 Å². The number of thiol groups is 1. The van der Waals surface area contributed by atoms with Crippen molar-refractivity contribution in [2.75, 3.05) is 5.75 Å². The third kappa shape index (κ3) is 10.9. The first-order valence-corrected chi connectivity index (χ1v) is 11.0. The number of carboxylic acids is 3. The Morgan fingerprint density at radius 1 is 0.886 bits per heavy atom. The Labute approximate surface area is 204 Å². The number of imidazole rings is 1. The largest absolute Gasteiger partial charge is 0.481 e. The van der Waals surface area contributed by atoms with Crippen LogP contribution in [0.4, 0.5) is 0 Å². The smallest absolute Gasteiger partial charge is 0.326 e. The molecule has 1 aromatic rings. The van der Waals surface area contributed by atoms with Gasteiger partial charge in [-0.3, -0.25) is 24.0 Å². The number of aromatic amines is 1. The van der Waals surface area contributed by atoms with Crippen molar-refractivity contribution in [1.29, 1.82) is 0 Å². The van der Waals surface area contributed by atoms with E-state index < -0.39 is 79.1 Å².